The van der Waals surface area contributed by atoms with Gasteiger partial charge in [0.15, 0.2) is 5.76 Å². The Bertz CT molecular complexity index is 1220. The van der Waals surface area contributed by atoms with Gasteiger partial charge in [-0.25, -0.2) is 0 Å². The second-order valence-electron chi connectivity index (χ2n) is 7.90. The Labute approximate surface area is 199 Å². The van der Waals surface area contributed by atoms with Gasteiger partial charge in [0.25, 0.3) is 5.91 Å². The zero-order valence-corrected chi connectivity index (χ0v) is 20.0. The predicted octanol–water partition coefficient (Wildman–Crippen LogP) is 3.21. The second-order valence-corrected chi connectivity index (χ2v) is 9.44. The summed E-state index contributed by atoms with van der Waals surface area (Å²) in [5, 5.41) is 2.58. The van der Waals surface area contributed by atoms with Crippen LogP contribution in [0.25, 0.3) is 0 Å². The highest BCUT2D eigenvalue weighted by atomic mass is 32.2. The highest BCUT2D eigenvalue weighted by molar-refractivity contribution is 7.87. The molecule has 0 spiro atoms. The van der Waals surface area contributed by atoms with E-state index in [0.717, 1.165) is 0 Å². The fourth-order valence-electron chi connectivity index (χ4n) is 3.13. The minimum atomic E-state index is -4.09. The molecule has 2 amide bonds. The predicted molar refractivity (Wildman–Crippen MR) is 127 cm³/mol. The summed E-state index contributed by atoms with van der Waals surface area (Å²) < 4.78 is 36.0. The third kappa shape index (κ3) is 6.93. The molecule has 10 heteroatoms. The summed E-state index contributed by atoms with van der Waals surface area (Å²) >= 11 is 0. The molecule has 1 aromatic heterocycles. The highest BCUT2D eigenvalue weighted by Crippen LogP contribution is 2.22. The van der Waals surface area contributed by atoms with Crippen LogP contribution in [0.3, 0.4) is 0 Å². The molecule has 9 nitrogen and oxygen atoms in total. The molecule has 180 valence electrons. The van der Waals surface area contributed by atoms with E-state index >= 15 is 0 Å². The molecule has 0 aliphatic rings. The van der Waals surface area contributed by atoms with Gasteiger partial charge in [-0.1, -0.05) is 12.1 Å². The smallest absolute Gasteiger partial charge is 0.339 e. The molecule has 3 rings (SSSR count). The van der Waals surface area contributed by atoms with Crippen LogP contribution in [0.5, 0.6) is 5.75 Å². The number of rotatable bonds is 10. The molecule has 34 heavy (non-hydrogen) atoms. The number of carbonyl (C=O) groups is 2. The molecular weight excluding hydrogens is 458 g/mol. The number of amides is 2. The average molecular weight is 486 g/mol. The fourth-order valence-corrected chi connectivity index (χ4v) is 4.05. The van der Waals surface area contributed by atoms with Crippen LogP contribution < -0.4 is 9.50 Å². The molecule has 1 heterocycles. The van der Waals surface area contributed by atoms with Crippen LogP contribution in [0.4, 0.5) is 5.69 Å². The van der Waals surface area contributed by atoms with Crippen LogP contribution in [-0.4, -0.2) is 57.2 Å². The van der Waals surface area contributed by atoms with E-state index in [4.69, 9.17) is 8.60 Å². The molecule has 0 atom stereocenters. The molecule has 1 N–H and O–H groups in total. The van der Waals surface area contributed by atoms with E-state index in [0.29, 0.717) is 24.3 Å². The molecule has 3 aromatic rings. The summed E-state index contributed by atoms with van der Waals surface area (Å²) in [6, 6.07) is 15.5. The van der Waals surface area contributed by atoms with Crippen LogP contribution in [0.1, 0.15) is 23.0 Å². The zero-order valence-electron chi connectivity index (χ0n) is 19.2. The van der Waals surface area contributed by atoms with Crippen molar-refractivity contribution < 1.29 is 26.6 Å². The van der Waals surface area contributed by atoms with Gasteiger partial charge in [-0.05, 0) is 68.2 Å². The lowest BCUT2D eigenvalue weighted by molar-refractivity contribution is -0.114. The lowest BCUT2D eigenvalue weighted by atomic mass is 10.2. The van der Waals surface area contributed by atoms with Crippen LogP contribution >= 0.6 is 0 Å². The quantitative estimate of drug-likeness (QED) is 0.439. The number of hydrogen-bond donors (Lipinski definition) is 1. The molecular formula is C24H27N3O6S. The standard InChI is InChI=1S/C24H27N3O6S/c1-18(28)25-20-9-11-22(12-10-20)34(30,31)33-21-7-4-6-19(16-21)17-27(14-13-26(2)3)24(29)23-8-5-15-32-23/h4-12,15-16H,13-14,17H2,1-3H3,(H,25,28). The van der Waals surface area contributed by atoms with Crippen LogP contribution in [0.15, 0.2) is 76.2 Å². The van der Waals surface area contributed by atoms with Gasteiger partial charge in [0.1, 0.15) is 10.6 Å². The third-order valence-corrected chi connectivity index (χ3v) is 6.04. The van der Waals surface area contributed by atoms with Gasteiger partial charge in [-0.15, -0.1) is 0 Å². The first-order chi connectivity index (χ1) is 16.1. The Kier molecular flexibility index (Phi) is 8.08. The van der Waals surface area contributed by atoms with Crippen LogP contribution in [0.2, 0.25) is 0 Å². The molecule has 2 aromatic carbocycles. The van der Waals surface area contributed by atoms with E-state index in [9.17, 15) is 18.0 Å². The first-order valence-corrected chi connectivity index (χ1v) is 11.9. The molecule has 0 aliphatic heterocycles. The maximum Gasteiger partial charge on any atom is 0.339 e. The minimum absolute atomic E-state index is 0.0485. The van der Waals surface area contributed by atoms with Crippen LogP contribution in [0, 0.1) is 0 Å². The maximum atomic E-state index is 12.9. The number of anilines is 1. The lowest BCUT2D eigenvalue weighted by Gasteiger charge is -2.24. The number of furan rings is 1. The number of hydrogen-bond acceptors (Lipinski definition) is 7. The van der Waals surface area contributed by atoms with Crippen molar-refractivity contribution in [3.63, 3.8) is 0 Å². The van der Waals surface area contributed by atoms with E-state index < -0.39 is 10.1 Å². The van der Waals surface area contributed by atoms with Crippen molar-refractivity contribution in [3.8, 4) is 5.75 Å². The van der Waals surface area contributed by atoms with Crippen molar-refractivity contribution in [1.29, 1.82) is 0 Å². The molecule has 0 radical (unpaired) electrons. The van der Waals surface area contributed by atoms with E-state index in [1.54, 1.807) is 35.2 Å². The Balaban J connectivity index is 1.75. The largest absolute Gasteiger partial charge is 0.459 e. The van der Waals surface area contributed by atoms with Crippen molar-refractivity contribution in [1.82, 2.24) is 9.80 Å². The maximum absolute atomic E-state index is 12.9. The number of nitrogens with zero attached hydrogens (tertiary/aromatic N) is 2. The molecule has 0 fully saturated rings. The topological polar surface area (TPSA) is 109 Å². The van der Waals surface area contributed by atoms with Crippen molar-refractivity contribution in [3.05, 3.63) is 78.3 Å². The van der Waals surface area contributed by atoms with Gasteiger partial charge in [0.2, 0.25) is 5.91 Å². The first-order valence-electron chi connectivity index (χ1n) is 10.5. The Morgan fingerprint density at radius 2 is 1.74 bits per heavy atom. The van der Waals surface area contributed by atoms with Crippen molar-refractivity contribution >= 4 is 27.6 Å². The van der Waals surface area contributed by atoms with Gasteiger partial charge in [-0.2, -0.15) is 8.42 Å². The first kappa shape index (κ1) is 25.0. The zero-order chi connectivity index (χ0) is 24.7. The number of carbonyl (C=O) groups excluding carboxylic acids is 2. The van der Waals surface area contributed by atoms with Gasteiger partial charge in [-0.3, -0.25) is 9.59 Å². The molecule has 0 unspecified atom stereocenters. The van der Waals surface area contributed by atoms with Crippen LogP contribution in [-0.2, 0) is 21.5 Å². The van der Waals surface area contributed by atoms with Crippen molar-refractivity contribution in [2.75, 3.05) is 32.5 Å². The minimum Gasteiger partial charge on any atom is -0.459 e. The monoisotopic (exact) mass is 485 g/mol. The van der Waals surface area contributed by atoms with Gasteiger partial charge >= 0.3 is 10.1 Å². The summed E-state index contributed by atoms with van der Waals surface area (Å²) in [6.45, 7) is 2.71. The van der Waals surface area contributed by atoms with E-state index in [1.165, 1.54) is 43.5 Å². The summed E-state index contributed by atoms with van der Waals surface area (Å²) in [5.41, 5.74) is 1.18. The average Bonchev–Trinajstić information content (AvgIpc) is 3.31. The number of nitrogens with one attached hydrogen (secondary N) is 1. The third-order valence-electron chi connectivity index (χ3n) is 4.78. The summed E-state index contributed by atoms with van der Waals surface area (Å²) in [5.74, 6) is -0.156. The summed E-state index contributed by atoms with van der Waals surface area (Å²) in [7, 11) is -0.263. The van der Waals surface area contributed by atoms with E-state index in [-0.39, 0.29) is 34.8 Å². The van der Waals surface area contributed by atoms with Gasteiger partial charge in [0.05, 0.1) is 6.26 Å². The van der Waals surface area contributed by atoms with Gasteiger partial charge < -0.3 is 23.7 Å². The molecule has 0 saturated carbocycles. The molecule has 0 aliphatic carbocycles. The normalized spacial score (nSPS) is 11.3. The second kappa shape index (κ2) is 11.0. The number of benzene rings is 2. The Morgan fingerprint density at radius 3 is 2.35 bits per heavy atom. The lowest BCUT2D eigenvalue weighted by Crippen LogP contribution is -2.36. The summed E-state index contributed by atoms with van der Waals surface area (Å²) in [6.07, 6.45) is 1.44. The van der Waals surface area contributed by atoms with Crippen molar-refractivity contribution in [2.45, 2.75) is 18.4 Å². The Hall–Kier alpha value is -3.63. The SMILES string of the molecule is CC(=O)Nc1ccc(S(=O)(=O)Oc2cccc(CN(CCN(C)C)C(=O)c3ccco3)c2)cc1. The van der Waals surface area contributed by atoms with Crippen molar-refractivity contribution in [2.24, 2.45) is 0 Å². The Morgan fingerprint density at radius 1 is 1.00 bits per heavy atom. The molecule has 0 saturated heterocycles. The van der Waals surface area contributed by atoms with E-state index in [1.807, 2.05) is 19.0 Å². The highest BCUT2D eigenvalue weighted by Gasteiger charge is 2.20. The molecule has 0 bridgehead atoms. The fraction of sp³-hybridized carbons (Fsp3) is 0.250. The number of likely N-dealkylation sites (N-methyl/N-ethyl adjacent to an activating group) is 1. The van der Waals surface area contributed by atoms with Gasteiger partial charge in [0, 0.05) is 32.2 Å². The summed E-state index contributed by atoms with van der Waals surface area (Å²) in [4.78, 5) is 27.6. The van der Waals surface area contributed by atoms with E-state index in [2.05, 4.69) is 5.32 Å².